The lowest BCUT2D eigenvalue weighted by Crippen LogP contribution is -2.18. The van der Waals surface area contributed by atoms with Crippen molar-refractivity contribution in [2.75, 3.05) is 5.32 Å². The third-order valence-electron chi connectivity index (χ3n) is 3.35. The zero-order chi connectivity index (χ0) is 17.6. The van der Waals surface area contributed by atoms with Crippen molar-refractivity contribution in [3.63, 3.8) is 0 Å². The summed E-state index contributed by atoms with van der Waals surface area (Å²) in [6.07, 6.45) is 0. The van der Waals surface area contributed by atoms with E-state index in [2.05, 4.69) is 15.8 Å². The molecule has 2 N–H and O–H groups in total. The summed E-state index contributed by atoms with van der Waals surface area (Å²) >= 11 is 2.75. The Labute approximate surface area is 153 Å². The van der Waals surface area contributed by atoms with Crippen LogP contribution >= 0.6 is 22.7 Å². The lowest BCUT2D eigenvalue weighted by atomic mass is 10.1. The smallest absolute Gasteiger partial charge is 0.281 e. The van der Waals surface area contributed by atoms with Crippen molar-refractivity contribution < 1.29 is 9.59 Å². The molecule has 2 aromatic heterocycles. The van der Waals surface area contributed by atoms with Crippen molar-refractivity contribution in [3.05, 3.63) is 74.6 Å². The van der Waals surface area contributed by atoms with E-state index < -0.39 is 0 Å². The molecule has 0 aliphatic heterocycles. The van der Waals surface area contributed by atoms with Crippen molar-refractivity contribution in [1.29, 1.82) is 0 Å². The van der Waals surface area contributed by atoms with Crippen LogP contribution in [0.3, 0.4) is 0 Å². The predicted octanol–water partition coefficient (Wildman–Crippen LogP) is 4.22. The van der Waals surface area contributed by atoms with Gasteiger partial charge in [-0.1, -0.05) is 24.3 Å². The number of rotatable bonds is 5. The Kier molecular flexibility index (Phi) is 5.37. The van der Waals surface area contributed by atoms with Crippen LogP contribution in [-0.4, -0.2) is 17.5 Å². The zero-order valence-corrected chi connectivity index (χ0v) is 15.0. The molecule has 2 heterocycles. The maximum Gasteiger partial charge on any atom is 0.281 e. The minimum absolute atomic E-state index is 0.146. The van der Waals surface area contributed by atoms with Gasteiger partial charge in [-0.15, -0.1) is 22.7 Å². The second-order valence-electron chi connectivity index (χ2n) is 5.13. The number of amides is 2. The number of benzene rings is 1. The quantitative estimate of drug-likeness (QED) is 0.522. The van der Waals surface area contributed by atoms with Gasteiger partial charge in [-0.25, -0.2) is 5.43 Å². The summed E-state index contributed by atoms with van der Waals surface area (Å²) < 4.78 is 0. The van der Waals surface area contributed by atoms with Crippen molar-refractivity contribution in [2.45, 2.75) is 6.92 Å². The molecule has 0 aliphatic rings. The first-order chi connectivity index (χ1) is 12.1. The lowest BCUT2D eigenvalue weighted by Gasteiger charge is -2.07. The molecule has 5 nitrogen and oxygen atoms in total. The fourth-order valence-corrected chi connectivity index (χ4v) is 3.32. The van der Waals surface area contributed by atoms with Gasteiger partial charge in [0.15, 0.2) is 0 Å². The summed E-state index contributed by atoms with van der Waals surface area (Å²) in [5.41, 5.74) is 4.68. The normalized spacial score (nSPS) is 11.2. The van der Waals surface area contributed by atoms with E-state index in [-0.39, 0.29) is 11.8 Å². The molecule has 25 heavy (non-hydrogen) atoms. The van der Waals surface area contributed by atoms with Crippen LogP contribution in [0.1, 0.15) is 31.8 Å². The lowest BCUT2D eigenvalue weighted by molar-refractivity contribution is 0.0958. The van der Waals surface area contributed by atoms with Crippen LogP contribution in [0.2, 0.25) is 0 Å². The highest BCUT2D eigenvalue weighted by atomic mass is 32.1. The molecule has 1 aromatic carbocycles. The van der Waals surface area contributed by atoms with E-state index >= 15 is 0 Å². The summed E-state index contributed by atoms with van der Waals surface area (Å²) in [6, 6.07) is 14.5. The van der Waals surface area contributed by atoms with Crippen molar-refractivity contribution in [3.8, 4) is 0 Å². The minimum Gasteiger partial charge on any atom is -0.321 e. The molecule has 0 saturated heterocycles. The maximum atomic E-state index is 12.1. The molecular weight excluding hydrogens is 354 g/mol. The van der Waals surface area contributed by atoms with Crippen LogP contribution in [0.15, 0.2) is 64.4 Å². The second-order valence-corrected chi connectivity index (χ2v) is 7.02. The van der Waals surface area contributed by atoms with Gasteiger partial charge in [-0.3, -0.25) is 9.59 Å². The van der Waals surface area contributed by atoms with Gasteiger partial charge in [0.25, 0.3) is 11.8 Å². The molecule has 0 fully saturated rings. The Morgan fingerprint density at radius 1 is 0.920 bits per heavy atom. The molecule has 0 radical (unpaired) electrons. The number of carbonyl (C=O) groups excluding carboxylic acids is 2. The number of hydrogen-bond acceptors (Lipinski definition) is 5. The van der Waals surface area contributed by atoms with Crippen LogP contribution < -0.4 is 10.7 Å². The second kappa shape index (κ2) is 7.87. The third kappa shape index (κ3) is 4.40. The topological polar surface area (TPSA) is 70.6 Å². The van der Waals surface area contributed by atoms with E-state index in [0.29, 0.717) is 21.2 Å². The van der Waals surface area contributed by atoms with Gasteiger partial charge in [-0.05, 0) is 47.5 Å². The number of hydrogen-bond donors (Lipinski definition) is 2. The fourth-order valence-electron chi connectivity index (χ4n) is 2.08. The molecule has 2 amide bonds. The first-order valence-electron chi connectivity index (χ1n) is 7.47. The summed E-state index contributed by atoms with van der Waals surface area (Å²) in [5, 5.41) is 10.7. The molecule has 3 aromatic rings. The van der Waals surface area contributed by atoms with Gasteiger partial charge in [0, 0.05) is 5.69 Å². The Balaban J connectivity index is 1.68. The number of carbonyl (C=O) groups is 2. The predicted molar refractivity (Wildman–Crippen MR) is 103 cm³/mol. The molecule has 0 spiro atoms. The maximum absolute atomic E-state index is 12.1. The van der Waals surface area contributed by atoms with Crippen LogP contribution in [-0.2, 0) is 0 Å². The highest BCUT2D eigenvalue weighted by molar-refractivity contribution is 7.12. The average Bonchev–Trinajstić information content (AvgIpc) is 3.33. The van der Waals surface area contributed by atoms with Crippen LogP contribution in [0.4, 0.5) is 5.69 Å². The Morgan fingerprint density at radius 2 is 1.60 bits per heavy atom. The summed E-state index contributed by atoms with van der Waals surface area (Å²) in [6.45, 7) is 1.80. The highest BCUT2D eigenvalue weighted by Crippen LogP contribution is 2.15. The van der Waals surface area contributed by atoms with Gasteiger partial charge in [0.1, 0.15) is 0 Å². The first kappa shape index (κ1) is 17.1. The molecule has 0 atom stereocenters. The number of nitrogens with one attached hydrogen (secondary N) is 2. The minimum atomic E-state index is -0.239. The monoisotopic (exact) mass is 369 g/mol. The van der Waals surface area contributed by atoms with Gasteiger partial charge in [0.05, 0.1) is 15.5 Å². The molecular formula is C18H15N3O2S2. The van der Waals surface area contributed by atoms with Gasteiger partial charge < -0.3 is 5.32 Å². The van der Waals surface area contributed by atoms with Gasteiger partial charge in [0.2, 0.25) is 0 Å². The van der Waals surface area contributed by atoms with Crippen LogP contribution in [0.25, 0.3) is 0 Å². The van der Waals surface area contributed by atoms with E-state index in [9.17, 15) is 9.59 Å². The number of anilines is 1. The molecule has 0 saturated carbocycles. The van der Waals surface area contributed by atoms with Crippen molar-refractivity contribution in [1.82, 2.24) is 5.43 Å². The van der Waals surface area contributed by atoms with Gasteiger partial charge >= 0.3 is 0 Å². The molecule has 0 bridgehead atoms. The Hall–Kier alpha value is -2.77. The van der Waals surface area contributed by atoms with Crippen LogP contribution in [0.5, 0.6) is 0 Å². The Bertz CT molecular complexity index is 900. The number of thiophene rings is 2. The van der Waals surface area contributed by atoms with E-state index in [1.165, 1.54) is 22.7 Å². The van der Waals surface area contributed by atoms with E-state index in [4.69, 9.17) is 0 Å². The SMILES string of the molecule is CC(=NNC(=O)c1cccs1)c1cccc(NC(=O)c2cccs2)c1. The van der Waals surface area contributed by atoms with E-state index in [1.807, 2.05) is 47.2 Å². The average molecular weight is 369 g/mol. The van der Waals surface area contributed by atoms with Gasteiger partial charge in [-0.2, -0.15) is 5.10 Å². The van der Waals surface area contributed by atoms with E-state index in [1.54, 1.807) is 19.1 Å². The largest absolute Gasteiger partial charge is 0.321 e. The Morgan fingerprint density at radius 3 is 2.24 bits per heavy atom. The van der Waals surface area contributed by atoms with Crippen molar-refractivity contribution in [2.24, 2.45) is 5.10 Å². The fraction of sp³-hybridized carbons (Fsp3) is 0.0556. The summed E-state index contributed by atoms with van der Waals surface area (Å²) in [7, 11) is 0. The standard InChI is InChI=1S/C18H15N3O2S2/c1-12(20-21-18(23)16-8-4-10-25-16)13-5-2-6-14(11-13)19-17(22)15-7-3-9-24-15/h2-11H,1H3,(H,19,22)(H,21,23). The molecule has 0 aliphatic carbocycles. The third-order valence-corrected chi connectivity index (χ3v) is 5.09. The number of nitrogens with zero attached hydrogens (tertiary/aromatic N) is 1. The molecule has 3 rings (SSSR count). The first-order valence-corrected chi connectivity index (χ1v) is 9.23. The molecule has 126 valence electrons. The van der Waals surface area contributed by atoms with E-state index in [0.717, 1.165) is 5.56 Å². The summed E-state index contributed by atoms with van der Waals surface area (Å²) in [5.74, 6) is -0.385. The van der Waals surface area contributed by atoms with Crippen molar-refractivity contribution >= 4 is 45.9 Å². The highest BCUT2D eigenvalue weighted by Gasteiger charge is 2.08. The number of hydrazone groups is 1. The summed E-state index contributed by atoms with van der Waals surface area (Å²) in [4.78, 5) is 25.3. The zero-order valence-electron chi connectivity index (χ0n) is 13.4. The molecule has 0 unspecified atom stereocenters. The molecule has 7 heteroatoms. The van der Waals surface area contributed by atoms with Crippen LogP contribution in [0, 0.1) is 0 Å².